The average molecular weight is 347 g/mol. The molecule has 2 rings (SSSR count). The minimum Gasteiger partial charge on any atom is -0.497 e. The van der Waals surface area contributed by atoms with Crippen LogP contribution in [0.3, 0.4) is 0 Å². The van der Waals surface area contributed by atoms with Gasteiger partial charge in [-0.15, -0.1) is 0 Å². The van der Waals surface area contributed by atoms with Crippen LogP contribution in [0.4, 0.5) is 0 Å². The van der Waals surface area contributed by atoms with Crippen LogP contribution < -0.4 is 15.8 Å². The van der Waals surface area contributed by atoms with Crippen LogP contribution >= 0.6 is 0 Å². The number of hydrogen-bond acceptors (Lipinski definition) is 6. The predicted octanol–water partition coefficient (Wildman–Crippen LogP) is 2.58. The number of aryl methyl sites for hydroxylation is 1. The molecule has 1 unspecified atom stereocenters. The highest BCUT2D eigenvalue weighted by molar-refractivity contribution is 5.80. The minimum absolute atomic E-state index is 0.123. The topological polar surface area (TPSA) is 99.7 Å². The number of nitrogens with one attached hydrogen (secondary N) is 1. The van der Waals surface area contributed by atoms with Crippen molar-refractivity contribution >= 4 is 5.57 Å². The van der Waals surface area contributed by atoms with Gasteiger partial charge in [-0.25, -0.2) is 0 Å². The maximum atomic E-state index is 12.0. The van der Waals surface area contributed by atoms with Crippen LogP contribution in [-0.2, 0) is 4.74 Å². The molecule has 1 aromatic rings. The van der Waals surface area contributed by atoms with E-state index >= 15 is 0 Å². The number of hydrogen-bond donors (Lipinski definition) is 2. The summed E-state index contributed by atoms with van der Waals surface area (Å²) in [6, 6.07) is 5.41. The summed E-state index contributed by atoms with van der Waals surface area (Å²) < 4.78 is 10.9. The molecule has 0 aromatic heterocycles. The van der Waals surface area contributed by atoms with Crippen LogP contribution in [0.2, 0.25) is 0 Å². The molecule has 0 spiro atoms. The molecule has 1 atom stereocenters. The molecule has 0 saturated heterocycles. The molecular formula is C18H25N3O4. The molecule has 0 radical (unpaired) electrons. The maximum absolute atomic E-state index is 12.0. The largest absolute Gasteiger partial charge is 0.497 e. The van der Waals surface area contributed by atoms with E-state index in [9.17, 15) is 10.1 Å². The zero-order valence-electron chi connectivity index (χ0n) is 15.3. The van der Waals surface area contributed by atoms with E-state index in [-0.39, 0.29) is 5.70 Å². The highest BCUT2D eigenvalue weighted by atomic mass is 16.6. The van der Waals surface area contributed by atoms with Gasteiger partial charge >= 0.3 is 0 Å². The Morgan fingerprint density at radius 3 is 2.60 bits per heavy atom. The number of nitrogens with two attached hydrogens (primary N) is 1. The van der Waals surface area contributed by atoms with E-state index < -0.39 is 16.2 Å². The lowest BCUT2D eigenvalue weighted by Crippen LogP contribution is -2.69. The molecule has 7 nitrogen and oxygen atoms in total. The van der Waals surface area contributed by atoms with Crippen LogP contribution in [0, 0.1) is 17.0 Å². The number of nitro groups is 1. The summed E-state index contributed by atoms with van der Waals surface area (Å²) in [4.78, 5) is 11.5. The fourth-order valence-corrected chi connectivity index (χ4v) is 3.07. The molecular weight excluding hydrogens is 322 g/mol. The number of ether oxygens (including phenoxy) is 2. The third kappa shape index (κ3) is 3.25. The van der Waals surface area contributed by atoms with Gasteiger partial charge in [0.25, 0.3) is 5.70 Å². The van der Waals surface area contributed by atoms with Gasteiger partial charge in [0.05, 0.1) is 17.6 Å². The number of dihydropyridines is 1. The molecule has 0 bridgehead atoms. The Labute approximate surface area is 147 Å². The van der Waals surface area contributed by atoms with Crippen LogP contribution in [-0.4, -0.2) is 29.9 Å². The van der Waals surface area contributed by atoms with Crippen LogP contribution in [0.25, 0.3) is 5.57 Å². The highest BCUT2D eigenvalue weighted by Gasteiger charge is 2.54. The second kappa shape index (κ2) is 6.85. The lowest BCUT2D eigenvalue weighted by atomic mass is 9.82. The predicted molar refractivity (Wildman–Crippen MR) is 96.5 cm³/mol. The van der Waals surface area contributed by atoms with Crippen LogP contribution in [0.1, 0.15) is 31.9 Å². The Bertz CT molecular complexity index is 740. The lowest BCUT2D eigenvalue weighted by molar-refractivity contribution is -0.439. The Morgan fingerprint density at radius 1 is 1.40 bits per heavy atom. The first-order chi connectivity index (χ1) is 11.7. The van der Waals surface area contributed by atoms with E-state index in [2.05, 4.69) is 5.32 Å². The van der Waals surface area contributed by atoms with E-state index in [1.807, 2.05) is 19.9 Å². The van der Waals surface area contributed by atoms with Gasteiger partial charge in [-0.05, 0) is 63.2 Å². The van der Waals surface area contributed by atoms with Crippen molar-refractivity contribution in [1.29, 1.82) is 0 Å². The van der Waals surface area contributed by atoms with Gasteiger partial charge in [-0.1, -0.05) is 6.07 Å². The molecule has 1 heterocycles. The van der Waals surface area contributed by atoms with Crippen molar-refractivity contribution in [3.05, 3.63) is 57.4 Å². The van der Waals surface area contributed by atoms with E-state index in [0.717, 1.165) is 11.1 Å². The quantitative estimate of drug-likeness (QED) is 0.606. The van der Waals surface area contributed by atoms with Gasteiger partial charge in [0.2, 0.25) is 5.66 Å². The monoisotopic (exact) mass is 347 g/mol. The fourth-order valence-electron chi connectivity index (χ4n) is 3.07. The van der Waals surface area contributed by atoms with Crippen molar-refractivity contribution in [3.63, 3.8) is 0 Å². The van der Waals surface area contributed by atoms with Gasteiger partial charge in [0.1, 0.15) is 11.4 Å². The number of methoxy groups -OCH3 is 1. The summed E-state index contributed by atoms with van der Waals surface area (Å²) in [6.45, 7) is 7.58. The van der Waals surface area contributed by atoms with Crippen molar-refractivity contribution in [2.45, 2.75) is 39.0 Å². The second-order valence-corrected chi connectivity index (χ2v) is 6.43. The average Bonchev–Trinajstić information content (AvgIpc) is 2.53. The third-order valence-electron chi connectivity index (χ3n) is 4.55. The molecule has 3 N–H and O–H groups in total. The SMILES string of the molecule is CCOC(C)(C)C1(N)NC=CC(c2ccc(OC)cc2C)=C1[N+](=O)[O-]. The zero-order valence-corrected chi connectivity index (χ0v) is 15.3. The number of allylic oxidation sites excluding steroid dienone is 2. The standard InChI is InChI=1S/C18H25N3O4/c1-6-25-17(3,4)18(19)16(21(22)23)15(9-10-20-18)14-8-7-13(24-5)11-12(14)2/h7-11,20H,6,19H2,1-5H3. The van der Waals surface area contributed by atoms with Crippen molar-refractivity contribution in [2.24, 2.45) is 5.73 Å². The lowest BCUT2D eigenvalue weighted by Gasteiger charge is -2.42. The Kier molecular flexibility index (Phi) is 5.20. The second-order valence-electron chi connectivity index (χ2n) is 6.43. The maximum Gasteiger partial charge on any atom is 0.296 e. The van der Waals surface area contributed by atoms with Gasteiger partial charge < -0.3 is 14.8 Å². The van der Waals surface area contributed by atoms with E-state index in [1.54, 1.807) is 45.4 Å². The first kappa shape index (κ1) is 19.0. The highest BCUT2D eigenvalue weighted by Crippen LogP contribution is 2.38. The number of benzene rings is 1. The molecule has 0 amide bonds. The third-order valence-corrected chi connectivity index (χ3v) is 4.55. The van der Waals surface area contributed by atoms with Crippen molar-refractivity contribution in [2.75, 3.05) is 13.7 Å². The molecule has 1 aromatic carbocycles. The molecule has 136 valence electrons. The summed E-state index contributed by atoms with van der Waals surface area (Å²) >= 11 is 0. The summed E-state index contributed by atoms with van der Waals surface area (Å²) in [5.41, 5.74) is 5.93. The molecule has 7 heteroatoms. The smallest absolute Gasteiger partial charge is 0.296 e. The molecule has 0 saturated carbocycles. The molecule has 0 fully saturated rings. The fraction of sp³-hybridized carbons (Fsp3) is 0.444. The number of nitrogens with zero attached hydrogens (tertiary/aromatic N) is 1. The van der Waals surface area contributed by atoms with E-state index in [0.29, 0.717) is 17.9 Å². The Hall–Kier alpha value is -2.38. The van der Waals surface area contributed by atoms with E-state index in [4.69, 9.17) is 15.2 Å². The Balaban J connectivity index is 2.70. The first-order valence-electron chi connectivity index (χ1n) is 8.09. The van der Waals surface area contributed by atoms with Gasteiger partial charge in [0.15, 0.2) is 0 Å². The van der Waals surface area contributed by atoms with E-state index in [1.165, 1.54) is 0 Å². The van der Waals surface area contributed by atoms with Crippen LogP contribution in [0.5, 0.6) is 5.75 Å². The molecule has 0 aliphatic carbocycles. The van der Waals surface area contributed by atoms with Crippen molar-refractivity contribution < 1.29 is 14.4 Å². The minimum atomic E-state index is -1.48. The van der Waals surface area contributed by atoms with Crippen LogP contribution in [0.15, 0.2) is 36.2 Å². The number of rotatable bonds is 6. The molecule has 1 aliphatic heterocycles. The normalized spacial score (nSPS) is 20.4. The summed E-state index contributed by atoms with van der Waals surface area (Å²) in [7, 11) is 1.58. The van der Waals surface area contributed by atoms with Crippen molar-refractivity contribution in [3.8, 4) is 5.75 Å². The summed E-state index contributed by atoms with van der Waals surface area (Å²) in [6.07, 6.45) is 3.30. The van der Waals surface area contributed by atoms with Gasteiger partial charge in [-0.3, -0.25) is 15.8 Å². The Morgan fingerprint density at radius 2 is 2.08 bits per heavy atom. The van der Waals surface area contributed by atoms with Crippen molar-refractivity contribution in [1.82, 2.24) is 5.32 Å². The van der Waals surface area contributed by atoms with Gasteiger partial charge in [-0.2, -0.15) is 0 Å². The summed E-state index contributed by atoms with van der Waals surface area (Å²) in [5.74, 6) is 0.691. The zero-order chi connectivity index (χ0) is 18.8. The molecule has 1 aliphatic rings. The summed E-state index contributed by atoms with van der Waals surface area (Å²) in [5, 5.41) is 14.9. The first-order valence-corrected chi connectivity index (χ1v) is 8.09. The van der Waals surface area contributed by atoms with Gasteiger partial charge in [0, 0.05) is 6.61 Å². The molecule has 25 heavy (non-hydrogen) atoms.